The average Bonchev–Trinajstić information content (AvgIpc) is 3.10. The lowest BCUT2D eigenvalue weighted by Crippen LogP contribution is -2.43. The summed E-state index contributed by atoms with van der Waals surface area (Å²) in [6, 6.07) is 0.671. The van der Waals surface area contributed by atoms with Crippen molar-refractivity contribution in [3.63, 3.8) is 0 Å². The van der Waals surface area contributed by atoms with E-state index in [1.807, 2.05) is 0 Å². The SMILES string of the molecule is CCNC(=NCC(C)CN1CCOCC1)N1CCC(N(CC)CC)C1. The Morgan fingerprint density at radius 3 is 2.56 bits per heavy atom. The minimum atomic E-state index is 0.577. The Morgan fingerprint density at radius 1 is 1.20 bits per heavy atom. The number of nitrogens with one attached hydrogen (secondary N) is 1. The van der Waals surface area contributed by atoms with Gasteiger partial charge in [0.05, 0.1) is 13.2 Å². The summed E-state index contributed by atoms with van der Waals surface area (Å²) >= 11 is 0. The molecule has 0 aromatic heterocycles. The van der Waals surface area contributed by atoms with Gasteiger partial charge in [-0.25, -0.2) is 0 Å². The Kier molecular flexibility index (Phi) is 8.99. The van der Waals surface area contributed by atoms with E-state index in [-0.39, 0.29) is 0 Å². The highest BCUT2D eigenvalue weighted by atomic mass is 16.5. The van der Waals surface area contributed by atoms with Crippen molar-refractivity contribution in [2.75, 3.05) is 72.1 Å². The summed E-state index contributed by atoms with van der Waals surface area (Å²) in [5.41, 5.74) is 0. The number of ether oxygens (including phenoxy) is 1. The first kappa shape index (κ1) is 20.5. The largest absolute Gasteiger partial charge is 0.379 e. The number of aliphatic imine (C=N–C) groups is 1. The van der Waals surface area contributed by atoms with Gasteiger partial charge in [-0.2, -0.15) is 0 Å². The van der Waals surface area contributed by atoms with Gasteiger partial charge in [0.1, 0.15) is 0 Å². The summed E-state index contributed by atoms with van der Waals surface area (Å²) in [6.45, 7) is 20.3. The smallest absolute Gasteiger partial charge is 0.193 e. The summed E-state index contributed by atoms with van der Waals surface area (Å²) in [4.78, 5) is 12.5. The molecule has 6 heteroatoms. The molecule has 0 radical (unpaired) electrons. The molecule has 2 aliphatic rings. The second kappa shape index (κ2) is 11.0. The number of guanidine groups is 1. The van der Waals surface area contributed by atoms with E-state index in [0.29, 0.717) is 12.0 Å². The maximum absolute atomic E-state index is 5.44. The zero-order chi connectivity index (χ0) is 18.1. The lowest BCUT2D eigenvalue weighted by Gasteiger charge is -2.29. The first-order chi connectivity index (χ1) is 12.2. The van der Waals surface area contributed by atoms with Crippen LogP contribution in [0.3, 0.4) is 0 Å². The van der Waals surface area contributed by atoms with E-state index in [9.17, 15) is 0 Å². The van der Waals surface area contributed by atoms with Gasteiger partial charge in [0.15, 0.2) is 5.96 Å². The molecule has 2 saturated heterocycles. The lowest BCUT2D eigenvalue weighted by molar-refractivity contribution is 0.0323. The Labute approximate surface area is 154 Å². The molecule has 25 heavy (non-hydrogen) atoms. The molecule has 1 N–H and O–H groups in total. The highest BCUT2D eigenvalue weighted by molar-refractivity contribution is 5.80. The third-order valence-electron chi connectivity index (χ3n) is 5.35. The van der Waals surface area contributed by atoms with Crippen molar-refractivity contribution in [3.8, 4) is 0 Å². The molecule has 2 rings (SSSR count). The van der Waals surface area contributed by atoms with Crippen molar-refractivity contribution in [3.05, 3.63) is 0 Å². The van der Waals surface area contributed by atoms with Crippen molar-refractivity contribution in [2.24, 2.45) is 10.9 Å². The van der Waals surface area contributed by atoms with Crippen LogP contribution in [0.5, 0.6) is 0 Å². The highest BCUT2D eigenvalue weighted by Crippen LogP contribution is 2.16. The van der Waals surface area contributed by atoms with Crippen LogP contribution in [0.2, 0.25) is 0 Å². The second-order valence-electron chi connectivity index (χ2n) is 7.32. The molecule has 0 bridgehead atoms. The fourth-order valence-corrected chi connectivity index (χ4v) is 3.92. The number of hydrogen-bond donors (Lipinski definition) is 1. The van der Waals surface area contributed by atoms with Gasteiger partial charge in [-0.05, 0) is 32.4 Å². The molecule has 2 atom stereocenters. The van der Waals surface area contributed by atoms with Crippen molar-refractivity contribution >= 4 is 5.96 Å². The molecule has 2 aliphatic heterocycles. The zero-order valence-electron chi connectivity index (χ0n) is 16.8. The fraction of sp³-hybridized carbons (Fsp3) is 0.947. The first-order valence-corrected chi connectivity index (χ1v) is 10.2. The molecule has 0 aliphatic carbocycles. The molecule has 146 valence electrons. The van der Waals surface area contributed by atoms with E-state index >= 15 is 0 Å². The summed E-state index contributed by atoms with van der Waals surface area (Å²) in [5.74, 6) is 1.68. The van der Waals surface area contributed by atoms with E-state index < -0.39 is 0 Å². The van der Waals surface area contributed by atoms with Gasteiger partial charge in [-0.3, -0.25) is 14.8 Å². The topological polar surface area (TPSA) is 43.3 Å². The van der Waals surface area contributed by atoms with Crippen LogP contribution in [0.25, 0.3) is 0 Å². The quantitative estimate of drug-likeness (QED) is 0.527. The maximum Gasteiger partial charge on any atom is 0.193 e. The molecule has 2 fully saturated rings. The van der Waals surface area contributed by atoms with E-state index in [4.69, 9.17) is 9.73 Å². The Balaban J connectivity index is 1.85. The third kappa shape index (κ3) is 6.42. The highest BCUT2D eigenvalue weighted by Gasteiger charge is 2.28. The van der Waals surface area contributed by atoms with Gasteiger partial charge in [-0.1, -0.05) is 20.8 Å². The molecule has 0 amide bonds. The molecule has 2 unspecified atom stereocenters. The molecule has 0 aromatic carbocycles. The molecule has 6 nitrogen and oxygen atoms in total. The summed E-state index contributed by atoms with van der Waals surface area (Å²) in [7, 11) is 0. The molecular weight excluding hydrogens is 314 g/mol. The Morgan fingerprint density at radius 2 is 1.92 bits per heavy atom. The first-order valence-electron chi connectivity index (χ1n) is 10.2. The fourth-order valence-electron chi connectivity index (χ4n) is 3.92. The number of nitrogens with zero attached hydrogens (tertiary/aromatic N) is 4. The van der Waals surface area contributed by atoms with Crippen LogP contribution in [0.15, 0.2) is 4.99 Å². The van der Waals surface area contributed by atoms with Crippen molar-refractivity contribution in [1.82, 2.24) is 20.0 Å². The summed E-state index contributed by atoms with van der Waals surface area (Å²) < 4.78 is 5.44. The van der Waals surface area contributed by atoms with Crippen molar-refractivity contribution in [1.29, 1.82) is 0 Å². The van der Waals surface area contributed by atoms with E-state index in [1.165, 1.54) is 6.42 Å². The van der Waals surface area contributed by atoms with Gasteiger partial charge in [0.25, 0.3) is 0 Å². The minimum absolute atomic E-state index is 0.577. The number of hydrogen-bond acceptors (Lipinski definition) is 4. The van der Waals surface area contributed by atoms with Gasteiger partial charge in [-0.15, -0.1) is 0 Å². The van der Waals surface area contributed by atoms with Gasteiger partial charge >= 0.3 is 0 Å². The Hall–Kier alpha value is -0.850. The van der Waals surface area contributed by atoms with Gasteiger partial charge < -0.3 is 15.0 Å². The van der Waals surface area contributed by atoms with Crippen LogP contribution in [0.1, 0.15) is 34.1 Å². The van der Waals surface area contributed by atoms with Crippen molar-refractivity contribution in [2.45, 2.75) is 40.2 Å². The minimum Gasteiger partial charge on any atom is -0.379 e. The van der Waals surface area contributed by atoms with Gasteiger partial charge in [0, 0.05) is 51.9 Å². The van der Waals surface area contributed by atoms with Crippen LogP contribution < -0.4 is 5.32 Å². The maximum atomic E-state index is 5.44. The summed E-state index contributed by atoms with van der Waals surface area (Å²) in [6.07, 6.45) is 1.25. The van der Waals surface area contributed by atoms with Crippen LogP contribution in [0.4, 0.5) is 0 Å². The number of rotatable bonds is 8. The normalized spacial score (nSPS) is 24.1. The Bertz CT molecular complexity index is 393. The molecule has 0 aromatic rings. The third-order valence-corrected chi connectivity index (χ3v) is 5.35. The molecule has 0 spiro atoms. The predicted molar refractivity (Wildman–Crippen MR) is 105 cm³/mol. The van der Waals surface area contributed by atoms with Crippen molar-refractivity contribution < 1.29 is 4.74 Å². The van der Waals surface area contributed by atoms with E-state index in [0.717, 1.165) is 78.1 Å². The molecular formula is C19H39N5O. The predicted octanol–water partition coefficient (Wildman–Crippen LogP) is 1.34. The summed E-state index contributed by atoms with van der Waals surface area (Å²) in [5, 5.41) is 3.50. The van der Waals surface area contributed by atoms with E-state index in [1.54, 1.807) is 0 Å². The number of likely N-dealkylation sites (N-methyl/N-ethyl adjacent to an activating group) is 1. The lowest BCUT2D eigenvalue weighted by atomic mass is 10.1. The van der Waals surface area contributed by atoms with Crippen LogP contribution in [-0.2, 0) is 4.74 Å². The standard InChI is InChI=1S/C19H39N5O/c1-5-20-19(24-9-8-18(16-24)23(6-2)7-3)21-14-17(4)15-22-10-12-25-13-11-22/h17-18H,5-16H2,1-4H3,(H,20,21). The van der Waals surface area contributed by atoms with Gasteiger partial charge in [0.2, 0.25) is 0 Å². The number of morpholine rings is 1. The van der Waals surface area contributed by atoms with E-state index in [2.05, 4.69) is 47.7 Å². The van der Waals surface area contributed by atoms with Crippen LogP contribution >= 0.6 is 0 Å². The zero-order valence-corrected chi connectivity index (χ0v) is 16.8. The number of likely N-dealkylation sites (tertiary alicyclic amines) is 1. The molecule has 2 heterocycles. The monoisotopic (exact) mass is 353 g/mol. The second-order valence-corrected chi connectivity index (χ2v) is 7.32. The van der Waals surface area contributed by atoms with Crippen LogP contribution in [0, 0.1) is 5.92 Å². The molecule has 0 saturated carbocycles. The van der Waals surface area contributed by atoms with Crippen LogP contribution in [-0.4, -0.2) is 98.8 Å². The average molecular weight is 354 g/mol.